The molecule has 0 saturated carbocycles. The predicted octanol–water partition coefficient (Wildman–Crippen LogP) is 4.33. The van der Waals surface area contributed by atoms with E-state index in [-0.39, 0.29) is 6.61 Å². The van der Waals surface area contributed by atoms with E-state index in [9.17, 15) is 22.0 Å². The van der Waals surface area contributed by atoms with Crippen LogP contribution in [0, 0.1) is 29.1 Å². The highest BCUT2D eigenvalue weighted by atomic mass is 79.9. The summed E-state index contributed by atoms with van der Waals surface area (Å²) in [6, 6.07) is 0. The highest BCUT2D eigenvalue weighted by Gasteiger charge is 2.26. The molecule has 0 radical (unpaired) electrons. The van der Waals surface area contributed by atoms with Crippen molar-refractivity contribution in [3.05, 3.63) is 29.1 Å². The van der Waals surface area contributed by atoms with Gasteiger partial charge in [0.2, 0.25) is 29.1 Å². The number of hydrogen-bond acceptors (Lipinski definition) is 1. The number of halogens is 6. The molecule has 0 saturated heterocycles. The van der Waals surface area contributed by atoms with Gasteiger partial charge in [0.1, 0.15) is 0 Å². The Morgan fingerprint density at radius 3 is 1.72 bits per heavy atom. The maximum absolute atomic E-state index is 13.1. The number of hydrogen-bond donors (Lipinski definition) is 0. The molecule has 0 spiro atoms. The summed E-state index contributed by atoms with van der Waals surface area (Å²) in [5.74, 6) is -11.3. The van der Waals surface area contributed by atoms with Crippen molar-refractivity contribution in [1.29, 1.82) is 0 Å². The number of alkyl halides is 1. The molecule has 0 atom stereocenters. The fraction of sp³-hybridized carbons (Fsp3) is 0.455. The minimum Gasteiger partial charge on any atom is -0.487 e. The van der Waals surface area contributed by atoms with E-state index in [0.717, 1.165) is 18.2 Å². The first-order chi connectivity index (χ1) is 8.50. The van der Waals surface area contributed by atoms with Crippen LogP contribution in [0.4, 0.5) is 22.0 Å². The van der Waals surface area contributed by atoms with Crippen LogP contribution in [0.25, 0.3) is 0 Å². The molecule has 1 rings (SSSR count). The van der Waals surface area contributed by atoms with Crippen LogP contribution in [-0.2, 0) is 0 Å². The SMILES string of the molecule is Fc1c(F)c(F)c(OCCCCCBr)c(F)c1F. The predicted molar refractivity (Wildman–Crippen MR) is 59.4 cm³/mol. The normalized spacial score (nSPS) is 10.8. The lowest BCUT2D eigenvalue weighted by atomic mass is 10.2. The van der Waals surface area contributed by atoms with Gasteiger partial charge in [-0.1, -0.05) is 15.9 Å². The van der Waals surface area contributed by atoms with E-state index in [4.69, 9.17) is 0 Å². The Hall–Kier alpha value is -0.850. The zero-order valence-electron chi connectivity index (χ0n) is 9.21. The summed E-state index contributed by atoms with van der Waals surface area (Å²) >= 11 is 3.19. The molecular weight excluding hydrogens is 323 g/mol. The van der Waals surface area contributed by atoms with E-state index in [2.05, 4.69) is 20.7 Å². The summed E-state index contributed by atoms with van der Waals surface area (Å²) in [6.45, 7) is -0.106. The molecule has 0 aliphatic rings. The molecule has 7 heteroatoms. The second-order valence-electron chi connectivity index (χ2n) is 3.50. The Bertz CT molecular complexity index is 395. The zero-order valence-corrected chi connectivity index (χ0v) is 10.8. The quantitative estimate of drug-likeness (QED) is 0.248. The summed E-state index contributed by atoms with van der Waals surface area (Å²) in [4.78, 5) is 0. The van der Waals surface area contributed by atoms with Gasteiger partial charge in [-0.25, -0.2) is 13.2 Å². The Kier molecular flexibility index (Phi) is 5.84. The van der Waals surface area contributed by atoms with Gasteiger partial charge in [0, 0.05) is 5.33 Å². The average molecular weight is 333 g/mol. The monoisotopic (exact) mass is 332 g/mol. The lowest BCUT2D eigenvalue weighted by Gasteiger charge is -2.09. The summed E-state index contributed by atoms with van der Waals surface area (Å²) in [7, 11) is 0. The highest BCUT2D eigenvalue weighted by molar-refractivity contribution is 9.09. The summed E-state index contributed by atoms with van der Waals surface area (Å²) in [5, 5.41) is 0.773. The average Bonchev–Trinajstić information content (AvgIpc) is 2.37. The second-order valence-corrected chi connectivity index (χ2v) is 4.29. The molecule has 1 nitrogen and oxygen atoms in total. The van der Waals surface area contributed by atoms with Gasteiger partial charge in [0.05, 0.1) is 6.61 Å². The molecule has 0 bridgehead atoms. The van der Waals surface area contributed by atoms with Gasteiger partial charge in [-0.15, -0.1) is 0 Å². The lowest BCUT2D eigenvalue weighted by Crippen LogP contribution is -2.08. The molecule has 0 amide bonds. The third-order valence-electron chi connectivity index (χ3n) is 2.19. The van der Waals surface area contributed by atoms with E-state index in [1.54, 1.807) is 0 Å². The van der Waals surface area contributed by atoms with Gasteiger partial charge in [0.15, 0.2) is 5.75 Å². The van der Waals surface area contributed by atoms with Crippen LogP contribution < -0.4 is 4.74 Å². The molecule has 0 heterocycles. The molecule has 0 aliphatic carbocycles. The Morgan fingerprint density at radius 1 is 0.722 bits per heavy atom. The van der Waals surface area contributed by atoms with Crippen LogP contribution >= 0.6 is 15.9 Å². The molecule has 0 aliphatic heterocycles. The third kappa shape index (κ3) is 3.34. The van der Waals surface area contributed by atoms with Gasteiger partial charge in [-0.05, 0) is 19.3 Å². The minimum atomic E-state index is -2.18. The maximum atomic E-state index is 13.1. The molecule has 102 valence electrons. The lowest BCUT2D eigenvalue weighted by molar-refractivity contribution is 0.256. The van der Waals surface area contributed by atoms with Crippen LogP contribution in [0.3, 0.4) is 0 Å². The molecule has 0 fully saturated rings. The number of ether oxygens (including phenoxy) is 1. The molecule has 0 N–H and O–H groups in total. The van der Waals surface area contributed by atoms with E-state index >= 15 is 0 Å². The van der Waals surface area contributed by atoms with Crippen molar-refractivity contribution in [2.75, 3.05) is 11.9 Å². The number of rotatable bonds is 6. The van der Waals surface area contributed by atoms with Crippen LogP contribution in [0.5, 0.6) is 5.75 Å². The summed E-state index contributed by atoms with van der Waals surface area (Å²) < 4.78 is 69.1. The van der Waals surface area contributed by atoms with E-state index in [0.29, 0.717) is 6.42 Å². The van der Waals surface area contributed by atoms with Crippen molar-refractivity contribution >= 4 is 15.9 Å². The second kappa shape index (κ2) is 6.92. The third-order valence-corrected chi connectivity index (χ3v) is 2.75. The molecule has 1 aromatic carbocycles. The number of benzene rings is 1. The van der Waals surface area contributed by atoms with Gasteiger partial charge >= 0.3 is 0 Å². The van der Waals surface area contributed by atoms with E-state index in [1.165, 1.54) is 0 Å². The number of unbranched alkanes of at least 4 members (excludes halogenated alkanes) is 2. The molecule has 1 aromatic rings. The van der Waals surface area contributed by atoms with E-state index in [1.807, 2.05) is 0 Å². The Balaban J connectivity index is 2.77. The van der Waals surface area contributed by atoms with E-state index < -0.39 is 34.8 Å². The molecule has 18 heavy (non-hydrogen) atoms. The van der Waals surface area contributed by atoms with Crippen molar-refractivity contribution < 1.29 is 26.7 Å². The Morgan fingerprint density at radius 2 is 1.22 bits per heavy atom. The van der Waals surface area contributed by atoms with Crippen molar-refractivity contribution in [3.63, 3.8) is 0 Å². The fourth-order valence-electron chi connectivity index (χ4n) is 1.26. The minimum absolute atomic E-state index is 0.106. The summed E-state index contributed by atoms with van der Waals surface area (Å²) in [5.41, 5.74) is 0. The van der Waals surface area contributed by atoms with Gasteiger partial charge in [-0.3, -0.25) is 0 Å². The van der Waals surface area contributed by atoms with Crippen molar-refractivity contribution in [1.82, 2.24) is 0 Å². The van der Waals surface area contributed by atoms with Gasteiger partial charge in [-0.2, -0.15) is 8.78 Å². The summed E-state index contributed by atoms with van der Waals surface area (Å²) in [6.07, 6.45) is 2.02. The van der Waals surface area contributed by atoms with Crippen LogP contribution in [0.1, 0.15) is 19.3 Å². The first-order valence-corrected chi connectivity index (χ1v) is 6.33. The van der Waals surface area contributed by atoms with Gasteiger partial charge in [0.25, 0.3) is 0 Å². The highest BCUT2D eigenvalue weighted by Crippen LogP contribution is 2.29. The Labute approximate surface area is 109 Å². The fourth-order valence-corrected chi connectivity index (χ4v) is 1.66. The first-order valence-electron chi connectivity index (χ1n) is 5.20. The maximum Gasteiger partial charge on any atom is 0.206 e. The van der Waals surface area contributed by atoms with Crippen molar-refractivity contribution in [3.8, 4) is 5.75 Å². The molecule has 0 unspecified atom stereocenters. The largest absolute Gasteiger partial charge is 0.487 e. The molecular formula is C11H10BrF5O. The zero-order chi connectivity index (χ0) is 13.7. The smallest absolute Gasteiger partial charge is 0.206 e. The van der Waals surface area contributed by atoms with Crippen LogP contribution in [0.2, 0.25) is 0 Å². The first kappa shape index (κ1) is 15.2. The van der Waals surface area contributed by atoms with Crippen LogP contribution in [0.15, 0.2) is 0 Å². The standard InChI is InChI=1S/C11H10BrF5O/c12-4-2-1-3-5-18-11-9(16)7(14)6(13)8(15)10(11)17/h1-5H2. The van der Waals surface area contributed by atoms with Gasteiger partial charge < -0.3 is 4.74 Å². The van der Waals surface area contributed by atoms with Crippen LogP contribution in [-0.4, -0.2) is 11.9 Å². The van der Waals surface area contributed by atoms with Crippen molar-refractivity contribution in [2.24, 2.45) is 0 Å². The topological polar surface area (TPSA) is 9.23 Å². The molecule has 0 aromatic heterocycles. The van der Waals surface area contributed by atoms with Crippen molar-refractivity contribution in [2.45, 2.75) is 19.3 Å².